The van der Waals surface area contributed by atoms with Gasteiger partial charge in [0.1, 0.15) is 16.7 Å². The quantitative estimate of drug-likeness (QED) is 0.0903. The first-order valence-electron chi connectivity index (χ1n) is 27.6. The smallest absolute Gasteiger partial charge is 0.159 e. The van der Waals surface area contributed by atoms with Crippen LogP contribution < -0.4 is 9.80 Å². The number of fused-ring (bicyclic) bond motifs is 9. The highest BCUT2D eigenvalue weighted by atomic mass is 16.3. The Hall–Kier alpha value is -9.58. The maximum atomic E-state index is 6.82. The van der Waals surface area contributed by atoms with Crippen LogP contribution in [0.15, 0.2) is 258 Å². The van der Waals surface area contributed by atoms with Crippen molar-refractivity contribution in [2.45, 2.75) is 53.9 Å². The number of para-hydroxylation sites is 3. The van der Waals surface area contributed by atoms with Crippen molar-refractivity contribution >= 4 is 89.3 Å². The molecule has 0 unspecified atom stereocenters. The van der Waals surface area contributed by atoms with Crippen molar-refractivity contribution in [3.8, 4) is 27.9 Å². The van der Waals surface area contributed by atoms with Gasteiger partial charge in [-0.25, -0.2) is 0 Å². The van der Waals surface area contributed by atoms with Gasteiger partial charge in [0.2, 0.25) is 0 Å². The third-order valence-corrected chi connectivity index (χ3v) is 15.2. The Kier molecular flexibility index (Phi) is 13.9. The van der Waals surface area contributed by atoms with Crippen LogP contribution in [0.5, 0.6) is 0 Å². The topological polar surface area (TPSA) is 37.7 Å². The summed E-state index contributed by atoms with van der Waals surface area (Å²) in [7, 11) is 0. The predicted molar refractivity (Wildman–Crippen MR) is 337 cm³/mol. The van der Waals surface area contributed by atoms with E-state index < -0.39 is 0 Å². The van der Waals surface area contributed by atoms with Crippen molar-refractivity contribution in [2.24, 2.45) is 0 Å². The highest BCUT2D eigenvalue weighted by molar-refractivity contribution is 6.12. The number of allylic oxidation sites excluding steroid dienone is 7. The first kappa shape index (κ1) is 50.2. The molecule has 13 rings (SSSR count). The van der Waals surface area contributed by atoms with Crippen LogP contribution in [-0.4, -0.2) is 4.57 Å². The lowest BCUT2D eigenvalue weighted by Crippen LogP contribution is -2.17. The second-order valence-electron chi connectivity index (χ2n) is 20.3. The molecule has 5 heteroatoms. The number of anilines is 5. The summed E-state index contributed by atoms with van der Waals surface area (Å²) in [6.07, 6.45) is 20.2. The molecule has 0 saturated heterocycles. The van der Waals surface area contributed by atoms with Crippen LogP contribution in [0.25, 0.3) is 88.8 Å². The van der Waals surface area contributed by atoms with Gasteiger partial charge in [-0.3, -0.25) is 0 Å². The van der Waals surface area contributed by atoms with Gasteiger partial charge in [0.05, 0.1) is 11.2 Å². The SMILES string of the molecule is C/C=C\CC.C=C/C=C(\C=C/C)N(c1cccc(N(c2ccc3oc4ccc(-c5ccc6c7c(n(-c8ccccc8)c6c5)C=CCC7)cc4c3c2)c2cccc3c2oc2ccccc23)c1)c1ccc(-c2ccccc2C)c(C)c1. The lowest BCUT2D eigenvalue weighted by Gasteiger charge is -2.30. The fourth-order valence-electron chi connectivity index (χ4n) is 11.6. The molecule has 0 radical (unpaired) electrons. The van der Waals surface area contributed by atoms with Gasteiger partial charge in [-0.15, -0.1) is 0 Å². The first-order valence-corrected chi connectivity index (χ1v) is 27.6. The van der Waals surface area contributed by atoms with E-state index in [0.29, 0.717) is 0 Å². The van der Waals surface area contributed by atoms with Gasteiger partial charge in [0.25, 0.3) is 0 Å². The highest BCUT2D eigenvalue weighted by Gasteiger charge is 2.24. The minimum Gasteiger partial charge on any atom is -0.456 e. The summed E-state index contributed by atoms with van der Waals surface area (Å²) >= 11 is 0. The van der Waals surface area contributed by atoms with Crippen molar-refractivity contribution in [1.82, 2.24) is 4.57 Å². The number of benzene rings is 9. The standard InChI is InChI=1S/C69H53N3O2.C5H10/c1-5-18-49(19-6-2)70(53-34-37-56(46(4)40-53)55-25-11-10-20-45(55)3)51-23-16-24-52(43-51)71(64-30-17-28-60-59-27-13-15-31-66(59)74-69(60)64)54-35-39-68-62(44-54)61-41-47(33-38-67(61)73-68)48-32-36-58-57-26-12-14-29-63(57)72(65(58)42-48)50-21-8-7-9-22-50;1-3-5-4-2/h5-11,13-25,27-44H,1,12,26H2,2-4H3;3,5H,4H2,1-2H3/b19-6-,49-18+;5-3-. The highest BCUT2D eigenvalue weighted by Crippen LogP contribution is 2.46. The van der Waals surface area contributed by atoms with Crippen LogP contribution >= 0.6 is 0 Å². The molecule has 0 atom stereocenters. The Morgan fingerprint density at radius 2 is 1.25 bits per heavy atom. The minimum absolute atomic E-state index is 0.812. The normalized spacial score (nSPS) is 12.5. The molecule has 0 N–H and O–H groups in total. The summed E-state index contributed by atoms with van der Waals surface area (Å²) in [5.74, 6) is 0. The number of furan rings is 2. The third kappa shape index (κ3) is 9.38. The van der Waals surface area contributed by atoms with Crippen LogP contribution in [0.2, 0.25) is 0 Å². The van der Waals surface area contributed by atoms with E-state index in [-0.39, 0.29) is 0 Å². The summed E-state index contributed by atoms with van der Waals surface area (Å²) in [6, 6.07) is 69.7. The molecule has 1 aliphatic rings. The van der Waals surface area contributed by atoms with Gasteiger partial charge >= 0.3 is 0 Å². The number of hydrogen-bond acceptors (Lipinski definition) is 4. The molecular formula is C74H63N3O2. The molecule has 0 aliphatic heterocycles. The number of nitrogens with zero attached hydrogens (tertiary/aromatic N) is 3. The molecular weight excluding hydrogens is 963 g/mol. The molecule has 0 spiro atoms. The molecule has 0 amide bonds. The molecule has 9 aromatic carbocycles. The summed E-state index contributed by atoms with van der Waals surface area (Å²) in [6.45, 7) is 14.7. The molecule has 0 fully saturated rings. The lowest BCUT2D eigenvalue weighted by atomic mass is 9.96. The van der Waals surface area contributed by atoms with Gasteiger partial charge in [0.15, 0.2) is 5.58 Å². The van der Waals surface area contributed by atoms with E-state index in [1.165, 1.54) is 50.1 Å². The molecule has 0 saturated carbocycles. The van der Waals surface area contributed by atoms with Crippen molar-refractivity contribution in [3.63, 3.8) is 0 Å². The van der Waals surface area contributed by atoms with Crippen LogP contribution in [0.3, 0.4) is 0 Å². The van der Waals surface area contributed by atoms with Crippen LogP contribution in [0, 0.1) is 13.8 Å². The van der Waals surface area contributed by atoms with Crippen LogP contribution in [0.4, 0.5) is 28.4 Å². The molecule has 1 aliphatic carbocycles. The van der Waals surface area contributed by atoms with Crippen molar-refractivity contribution in [2.75, 3.05) is 9.80 Å². The van der Waals surface area contributed by atoms with Gasteiger partial charge < -0.3 is 23.2 Å². The summed E-state index contributed by atoms with van der Waals surface area (Å²) in [5.41, 5.74) is 21.5. The Bertz CT molecular complexity index is 4380. The number of hydrogen-bond donors (Lipinski definition) is 0. The largest absolute Gasteiger partial charge is 0.456 e. The van der Waals surface area contributed by atoms with Crippen LogP contribution in [0.1, 0.15) is 56.0 Å². The van der Waals surface area contributed by atoms with E-state index in [0.717, 1.165) is 108 Å². The van der Waals surface area contributed by atoms with E-state index in [2.05, 4.69) is 273 Å². The molecule has 0 bridgehead atoms. The zero-order valence-corrected chi connectivity index (χ0v) is 45.6. The van der Waals surface area contributed by atoms with E-state index >= 15 is 0 Å². The molecule has 3 heterocycles. The summed E-state index contributed by atoms with van der Waals surface area (Å²) < 4.78 is 15.9. The zero-order chi connectivity index (χ0) is 54.0. The molecule has 386 valence electrons. The number of aromatic nitrogens is 1. The van der Waals surface area contributed by atoms with Gasteiger partial charge in [-0.2, -0.15) is 0 Å². The zero-order valence-electron chi connectivity index (χ0n) is 45.6. The third-order valence-electron chi connectivity index (χ3n) is 15.2. The van der Waals surface area contributed by atoms with Gasteiger partial charge in [0, 0.05) is 66.8 Å². The average Bonchev–Trinajstić information content (AvgIpc) is 4.40. The molecule has 3 aromatic heterocycles. The monoisotopic (exact) mass is 1030 g/mol. The fraction of sp³-hybridized carbons (Fsp3) is 0.108. The van der Waals surface area contributed by atoms with E-state index in [1.54, 1.807) is 0 Å². The Labute approximate surface area is 463 Å². The van der Waals surface area contributed by atoms with E-state index in [9.17, 15) is 0 Å². The minimum atomic E-state index is 0.812. The Morgan fingerprint density at radius 1 is 0.570 bits per heavy atom. The maximum Gasteiger partial charge on any atom is 0.159 e. The first-order chi connectivity index (χ1) is 38.8. The predicted octanol–water partition coefficient (Wildman–Crippen LogP) is 21.6. The Balaban J connectivity index is 0.00000119. The van der Waals surface area contributed by atoms with E-state index in [1.807, 2.05) is 25.1 Å². The second kappa shape index (κ2) is 21.8. The molecule has 79 heavy (non-hydrogen) atoms. The Morgan fingerprint density at radius 3 is 2.05 bits per heavy atom. The van der Waals surface area contributed by atoms with Gasteiger partial charge in [-0.05, 0) is 195 Å². The number of aryl methyl sites for hydroxylation is 3. The van der Waals surface area contributed by atoms with Crippen LogP contribution in [-0.2, 0) is 6.42 Å². The average molecular weight is 1030 g/mol. The summed E-state index contributed by atoms with van der Waals surface area (Å²) in [4.78, 5) is 4.64. The summed E-state index contributed by atoms with van der Waals surface area (Å²) in [5, 5.41) is 5.53. The molecule has 5 nitrogen and oxygen atoms in total. The number of rotatable bonds is 12. The molecule has 12 aromatic rings. The van der Waals surface area contributed by atoms with Crippen molar-refractivity contribution < 1.29 is 8.83 Å². The fourth-order valence-corrected chi connectivity index (χ4v) is 11.6. The van der Waals surface area contributed by atoms with Crippen molar-refractivity contribution in [3.05, 3.63) is 271 Å². The van der Waals surface area contributed by atoms with Gasteiger partial charge in [-0.1, -0.05) is 147 Å². The van der Waals surface area contributed by atoms with Crippen molar-refractivity contribution in [1.29, 1.82) is 0 Å². The lowest BCUT2D eigenvalue weighted by molar-refractivity contribution is 0.669. The van der Waals surface area contributed by atoms with E-state index in [4.69, 9.17) is 8.83 Å². The second-order valence-corrected chi connectivity index (χ2v) is 20.3. The maximum absolute atomic E-state index is 6.82.